The predicted molar refractivity (Wildman–Crippen MR) is 216 cm³/mol. The molecule has 0 amide bonds. The van der Waals surface area contributed by atoms with Gasteiger partial charge in [-0.1, -0.05) is 129 Å². The first-order valence-electron chi connectivity index (χ1n) is 17.8. The van der Waals surface area contributed by atoms with E-state index in [0.29, 0.717) is 0 Å². The maximum absolute atomic E-state index is 8.01. The van der Waals surface area contributed by atoms with Gasteiger partial charge in [0.2, 0.25) is 0 Å². The van der Waals surface area contributed by atoms with Gasteiger partial charge in [0.25, 0.3) is 0 Å². The van der Waals surface area contributed by atoms with Crippen LogP contribution >= 0.6 is 0 Å². The topological polar surface area (TPSA) is 43.9 Å². The molecule has 6 heteroatoms. The SMILES string of the molecule is [2H]C(C)(C)c1c[c-]c(-c2ccc([Si](C)(C)C)cn2)cc1.[Ir].[c-]1ccc2c(oc3ccccc32)c1-c1nc2ccccc2n1-c1cccc2ccccc12. The summed E-state index contributed by atoms with van der Waals surface area (Å²) in [5.74, 6) is 0.247. The molecule has 0 saturated carbocycles. The van der Waals surface area contributed by atoms with Crippen molar-refractivity contribution in [2.45, 2.75) is 39.4 Å². The molecule has 0 saturated heterocycles. The zero-order valence-electron chi connectivity index (χ0n) is 30.9. The molecule has 0 N–H and O–H groups in total. The summed E-state index contributed by atoms with van der Waals surface area (Å²) in [5, 5.41) is 5.91. The van der Waals surface area contributed by atoms with E-state index in [1.165, 1.54) is 16.0 Å². The number of nitrogens with zero attached hydrogens (tertiary/aromatic N) is 3. The second-order valence-corrected chi connectivity index (χ2v) is 19.2. The van der Waals surface area contributed by atoms with Crippen molar-refractivity contribution in [1.29, 1.82) is 0 Å². The monoisotopic (exact) mass is 871 g/mol. The fourth-order valence-electron chi connectivity index (χ4n) is 6.59. The zero-order chi connectivity index (χ0) is 36.0. The van der Waals surface area contributed by atoms with Crippen LogP contribution in [0.2, 0.25) is 19.6 Å². The van der Waals surface area contributed by atoms with Gasteiger partial charge in [-0.3, -0.25) is 4.98 Å². The Morgan fingerprint density at radius 2 is 1.50 bits per heavy atom. The number of imidazole rings is 1. The summed E-state index contributed by atoms with van der Waals surface area (Å²) in [6, 6.07) is 52.1. The molecule has 3 aromatic heterocycles. The summed E-state index contributed by atoms with van der Waals surface area (Å²) in [4.78, 5) is 9.62. The van der Waals surface area contributed by atoms with E-state index >= 15 is 0 Å². The molecular weight excluding hydrogens is 831 g/mol. The van der Waals surface area contributed by atoms with Crippen molar-refractivity contribution in [3.05, 3.63) is 157 Å². The minimum absolute atomic E-state index is 0. The van der Waals surface area contributed by atoms with Crippen molar-refractivity contribution in [2.75, 3.05) is 0 Å². The summed E-state index contributed by atoms with van der Waals surface area (Å²) in [7, 11) is -1.29. The Hall–Kier alpha value is -5.13. The van der Waals surface area contributed by atoms with Gasteiger partial charge in [0.15, 0.2) is 0 Å². The van der Waals surface area contributed by atoms with E-state index in [2.05, 4.69) is 126 Å². The largest absolute Gasteiger partial charge is 0.501 e. The van der Waals surface area contributed by atoms with E-state index in [1.807, 2.05) is 68.6 Å². The summed E-state index contributed by atoms with van der Waals surface area (Å²) in [6.07, 6.45) is 2.00. The van der Waals surface area contributed by atoms with Gasteiger partial charge in [-0.05, 0) is 40.5 Å². The molecule has 0 bridgehead atoms. The number of benzene rings is 6. The minimum atomic E-state index is -1.29. The van der Waals surface area contributed by atoms with Crippen LogP contribution < -0.4 is 5.19 Å². The van der Waals surface area contributed by atoms with Gasteiger partial charge in [-0.2, -0.15) is 0 Å². The van der Waals surface area contributed by atoms with Crippen LogP contribution in [0.5, 0.6) is 0 Å². The number of para-hydroxylation sites is 3. The maximum Gasteiger partial charge on any atom is 0.120 e. The van der Waals surface area contributed by atoms with Crippen LogP contribution in [0.3, 0.4) is 0 Å². The standard InChI is InChI=1S/C29H17N2O.C17H22NSi.Ir/c1-2-11-20-19(9-1)10-7-17-25(20)31-26-16-5-4-15-24(26)30-29(31)23-14-8-13-22-21-12-3-6-18-27(21)32-28(22)23;1-13(2)14-6-8-15(9-7-14)17-11-10-16(12-18-17)19(3,4)5;/h1-13,15-18H;6-8,10-13H,1-5H3;/q2*-1;/i;13D;. The average molecular weight is 871 g/mol. The molecule has 1 radical (unpaired) electrons. The number of aromatic nitrogens is 3. The molecule has 0 fully saturated rings. The van der Waals surface area contributed by atoms with Gasteiger partial charge >= 0.3 is 0 Å². The van der Waals surface area contributed by atoms with Crippen molar-refractivity contribution in [1.82, 2.24) is 14.5 Å². The van der Waals surface area contributed by atoms with Crippen molar-refractivity contribution in [3.63, 3.8) is 0 Å². The molecule has 0 aliphatic heterocycles. The second kappa shape index (κ2) is 14.5. The van der Waals surface area contributed by atoms with Crippen molar-refractivity contribution < 1.29 is 25.9 Å². The van der Waals surface area contributed by atoms with Crippen LogP contribution in [0.15, 0.2) is 144 Å². The predicted octanol–water partition coefficient (Wildman–Crippen LogP) is 11.8. The summed E-state index contributed by atoms with van der Waals surface area (Å²) >= 11 is 0. The second-order valence-electron chi connectivity index (χ2n) is 14.1. The molecule has 9 aromatic rings. The summed E-state index contributed by atoms with van der Waals surface area (Å²) in [5.41, 5.74) is 8.54. The van der Waals surface area contributed by atoms with Crippen LogP contribution in [0.25, 0.3) is 72.1 Å². The van der Waals surface area contributed by atoms with Gasteiger partial charge in [0.05, 0.1) is 30.5 Å². The van der Waals surface area contributed by atoms with Gasteiger partial charge in [0, 0.05) is 44.1 Å². The van der Waals surface area contributed by atoms with Gasteiger partial charge in [-0.15, -0.1) is 53.6 Å². The normalized spacial score (nSPS) is 12.1. The molecule has 52 heavy (non-hydrogen) atoms. The first-order chi connectivity index (χ1) is 25.1. The Kier molecular flexibility index (Phi) is 9.46. The van der Waals surface area contributed by atoms with E-state index in [1.54, 1.807) is 0 Å². The number of hydrogen-bond donors (Lipinski definition) is 0. The Labute approximate surface area is 320 Å². The van der Waals surface area contributed by atoms with Crippen LogP contribution in [-0.2, 0) is 20.1 Å². The molecule has 0 atom stereocenters. The zero-order valence-corrected chi connectivity index (χ0v) is 33.3. The molecular formula is C46H39IrN3OSi-2. The Morgan fingerprint density at radius 1 is 0.750 bits per heavy atom. The Balaban J connectivity index is 0.000000180. The van der Waals surface area contributed by atoms with Gasteiger partial charge in [0.1, 0.15) is 5.58 Å². The summed E-state index contributed by atoms with van der Waals surface area (Å²) in [6.45, 7) is 10.7. The molecule has 0 spiro atoms. The maximum atomic E-state index is 8.01. The average Bonchev–Trinajstić information content (AvgIpc) is 3.73. The van der Waals surface area contributed by atoms with Gasteiger partial charge in [-0.25, -0.2) is 0 Å². The third-order valence-electron chi connectivity index (χ3n) is 9.43. The number of furan rings is 1. The van der Waals surface area contributed by atoms with Gasteiger partial charge < -0.3 is 14.0 Å². The number of pyridine rings is 1. The smallest absolute Gasteiger partial charge is 0.120 e. The quantitative estimate of drug-likeness (QED) is 0.128. The third kappa shape index (κ3) is 6.66. The molecule has 4 nitrogen and oxygen atoms in total. The number of rotatable bonds is 5. The van der Waals surface area contributed by atoms with E-state index in [9.17, 15) is 0 Å². The van der Waals surface area contributed by atoms with E-state index in [-0.39, 0.29) is 20.1 Å². The fourth-order valence-corrected chi connectivity index (χ4v) is 7.62. The molecule has 6 aromatic carbocycles. The van der Waals surface area contributed by atoms with Crippen molar-refractivity contribution >= 4 is 57.0 Å². The molecule has 9 rings (SSSR count). The summed E-state index contributed by atoms with van der Waals surface area (Å²) < 4.78 is 16.6. The molecule has 0 aliphatic carbocycles. The van der Waals surface area contributed by atoms with Crippen LogP contribution in [-0.4, -0.2) is 22.6 Å². The van der Waals surface area contributed by atoms with E-state index in [0.717, 1.165) is 66.9 Å². The Morgan fingerprint density at radius 3 is 2.25 bits per heavy atom. The third-order valence-corrected chi connectivity index (χ3v) is 11.5. The van der Waals surface area contributed by atoms with Crippen molar-refractivity contribution in [2.24, 2.45) is 0 Å². The first kappa shape index (κ1) is 34.0. The molecule has 3 heterocycles. The number of fused-ring (bicyclic) bond motifs is 5. The molecule has 0 unspecified atom stereocenters. The molecule has 0 aliphatic rings. The van der Waals surface area contributed by atoms with E-state index < -0.39 is 14.0 Å². The Bertz CT molecular complexity index is 2640. The fraction of sp³-hybridized carbons (Fsp3) is 0.130. The first-order valence-corrected chi connectivity index (χ1v) is 20.8. The molecule has 259 valence electrons. The van der Waals surface area contributed by atoms with Crippen molar-refractivity contribution in [3.8, 4) is 28.3 Å². The van der Waals surface area contributed by atoms with Crippen LogP contribution in [0, 0.1) is 12.1 Å². The van der Waals surface area contributed by atoms with Crippen LogP contribution in [0.4, 0.5) is 0 Å². The number of hydrogen-bond acceptors (Lipinski definition) is 3. The van der Waals surface area contributed by atoms with Crippen LogP contribution in [0.1, 0.15) is 26.7 Å². The minimum Gasteiger partial charge on any atom is -0.501 e. The van der Waals surface area contributed by atoms with E-state index in [4.69, 9.17) is 10.8 Å².